The zero-order valence-corrected chi connectivity index (χ0v) is 10.8. The molecule has 0 unspecified atom stereocenters. The van der Waals surface area contributed by atoms with Crippen LogP contribution in [-0.2, 0) is 0 Å². The highest BCUT2D eigenvalue weighted by atomic mass is 16.3. The van der Waals surface area contributed by atoms with Crippen molar-refractivity contribution in [3.05, 3.63) is 23.7 Å². The second-order valence-electron chi connectivity index (χ2n) is 5.46. The van der Waals surface area contributed by atoms with Crippen molar-refractivity contribution in [2.45, 2.75) is 19.8 Å². The normalized spacial score (nSPS) is 27.9. The minimum Gasteiger partial charge on any atom is -0.456 e. The molecule has 18 heavy (non-hydrogen) atoms. The van der Waals surface area contributed by atoms with Gasteiger partial charge in [-0.25, -0.2) is 0 Å². The molecule has 2 atom stereocenters. The van der Waals surface area contributed by atoms with E-state index in [9.17, 15) is 4.79 Å². The summed E-state index contributed by atoms with van der Waals surface area (Å²) in [5.41, 5.74) is 0. The zero-order chi connectivity index (χ0) is 12.5. The second kappa shape index (κ2) is 4.76. The van der Waals surface area contributed by atoms with Crippen LogP contribution in [0.3, 0.4) is 0 Å². The van der Waals surface area contributed by atoms with Crippen molar-refractivity contribution in [2.75, 3.05) is 26.2 Å². The molecule has 4 heteroatoms. The molecule has 2 aliphatic heterocycles. The van der Waals surface area contributed by atoms with Crippen LogP contribution in [0, 0.1) is 18.8 Å². The number of rotatable bonds is 1. The average molecular weight is 248 g/mol. The summed E-state index contributed by atoms with van der Waals surface area (Å²) in [6.45, 7) is 5.83. The minimum absolute atomic E-state index is 0.0519. The molecule has 1 aromatic rings. The summed E-state index contributed by atoms with van der Waals surface area (Å²) in [6, 6.07) is 3.63. The number of carbonyl (C=O) groups is 1. The van der Waals surface area contributed by atoms with Crippen LogP contribution in [-0.4, -0.2) is 37.0 Å². The Morgan fingerprint density at radius 1 is 1.28 bits per heavy atom. The topological polar surface area (TPSA) is 45.5 Å². The van der Waals surface area contributed by atoms with E-state index in [1.54, 1.807) is 6.07 Å². The summed E-state index contributed by atoms with van der Waals surface area (Å²) < 4.78 is 5.43. The number of nitrogens with zero attached hydrogens (tertiary/aromatic N) is 1. The molecule has 1 aromatic heterocycles. The first-order valence-corrected chi connectivity index (χ1v) is 6.80. The number of amides is 1. The van der Waals surface area contributed by atoms with Crippen molar-refractivity contribution in [1.29, 1.82) is 0 Å². The fourth-order valence-corrected chi connectivity index (χ4v) is 3.13. The van der Waals surface area contributed by atoms with Gasteiger partial charge in [-0.05, 0) is 56.8 Å². The fourth-order valence-electron chi connectivity index (χ4n) is 3.13. The lowest BCUT2D eigenvalue weighted by molar-refractivity contribution is 0.0725. The molecular formula is C14H20N2O2. The number of likely N-dealkylation sites (tertiary alicyclic amines) is 1. The average Bonchev–Trinajstić information content (AvgIpc) is 2.94. The Morgan fingerprint density at radius 3 is 2.50 bits per heavy atom. The first kappa shape index (κ1) is 11.8. The van der Waals surface area contributed by atoms with Crippen LogP contribution in [0.2, 0.25) is 0 Å². The molecular weight excluding hydrogens is 228 g/mol. The first-order valence-electron chi connectivity index (χ1n) is 6.80. The van der Waals surface area contributed by atoms with Crippen LogP contribution in [0.1, 0.15) is 29.2 Å². The second-order valence-corrected chi connectivity index (χ2v) is 5.46. The fraction of sp³-hybridized carbons (Fsp3) is 0.643. The van der Waals surface area contributed by atoms with Gasteiger partial charge in [-0.15, -0.1) is 0 Å². The number of fused-ring (bicyclic) bond motifs is 1. The first-order chi connectivity index (χ1) is 8.74. The van der Waals surface area contributed by atoms with Gasteiger partial charge in [0.05, 0.1) is 0 Å². The molecule has 3 heterocycles. The van der Waals surface area contributed by atoms with Gasteiger partial charge in [0.25, 0.3) is 5.91 Å². The monoisotopic (exact) mass is 248 g/mol. The van der Waals surface area contributed by atoms with Crippen LogP contribution in [0.4, 0.5) is 0 Å². The van der Waals surface area contributed by atoms with E-state index >= 15 is 0 Å². The van der Waals surface area contributed by atoms with Gasteiger partial charge in [-0.2, -0.15) is 0 Å². The number of nitrogens with one attached hydrogen (secondary N) is 1. The van der Waals surface area contributed by atoms with E-state index in [0.717, 1.165) is 56.6 Å². The van der Waals surface area contributed by atoms with Gasteiger partial charge in [0.1, 0.15) is 5.76 Å². The Labute approximate surface area is 107 Å². The Balaban J connectivity index is 1.68. The highest BCUT2D eigenvalue weighted by Crippen LogP contribution is 2.27. The summed E-state index contributed by atoms with van der Waals surface area (Å²) in [5.74, 6) is 2.84. The lowest BCUT2D eigenvalue weighted by Crippen LogP contribution is -2.32. The number of hydrogen-bond donors (Lipinski definition) is 1. The molecule has 2 aliphatic rings. The SMILES string of the molecule is Cc1ccc(C(=O)N2CC[C@@H]3CNC[C@@H]3CC2)o1. The molecule has 0 aromatic carbocycles. The maximum Gasteiger partial charge on any atom is 0.289 e. The maximum absolute atomic E-state index is 12.3. The molecule has 1 amide bonds. The lowest BCUT2D eigenvalue weighted by Gasteiger charge is -2.19. The number of carbonyl (C=O) groups excluding carboxylic acids is 1. The van der Waals surface area contributed by atoms with Gasteiger partial charge < -0.3 is 14.6 Å². The molecule has 0 aliphatic carbocycles. The van der Waals surface area contributed by atoms with Gasteiger partial charge in [0, 0.05) is 13.1 Å². The number of aryl methyl sites for hydroxylation is 1. The summed E-state index contributed by atoms with van der Waals surface area (Å²) in [7, 11) is 0. The molecule has 3 rings (SSSR count). The smallest absolute Gasteiger partial charge is 0.289 e. The van der Waals surface area contributed by atoms with Gasteiger partial charge in [0.2, 0.25) is 0 Å². The van der Waals surface area contributed by atoms with Crippen LogP contribution in [0.25, 0.3) is 0 Å². The lowest BCUT2D eigenvalue weighted by atomic mass is 9.92. The van der Waals surface area contributed by atoms with Crippen molar-refractivity contribution in [3.8, 4) is 0 Å². The predicted molar refractivity (Wildman–Crippen MR) is 68.4 cm³/mol. The van der Waals surface area contributed by atoms with Crippen molar-refractivity contribution in [3.63, 3.8) is 0 Å². The van der Waals surface area contributed by atoms with Crippen molar-refractivity contribution >= 4 is 5.91 Å². The molecule has 1 N–H and O–H groups in total. The summed E-state index contributed by atoms with van der Waals surface area (Å²) in [5, 5.41) is 3.45. The molecule has 0 spiro atoms. The van der Waals surface area contributed by atoms with Gasteiger partial charge in [0.15, 0.2) is 5.76 Å². The Bertz CT molecular complexity index is 427. The Kier molecular flexibility index (Phi) is 3.12. The van der Waals surface area contributed by atoms with Crippen LogP contribution < -0.4 is 5.32 Å². The third kappa shape index (κ3) is 2.17. The third-order valence-electron chi connectivity index (χ3n) is 4.26. The molecule has 0 bridgehead atoms. The minimum atomic E-state index is 0.0519. The van der Waals surface area contributed by atoms with E-state index < -0.39 is 0 Å². The van der Waals surface area contributed by atoms with E-state index in [1.807, 2.05) is 17.9 Å². The van der Waals surface area contributed by atoms with E-state index in [1.165, 1.54) is 0 Å². The predicted octanol–water partition coefficient (Wildman–Crippen LogP) is 1.66. The quantitative estimate of drug-likeness (QED) is 0.822. The number of hydrogen-bond acceptors (Lipinski definition) is 3. The molecule has 2 saturated heterocycles. The van der Waals surface area contributed by atoms with Crippen molar-refractivity contribution < 1.29 is 9.21 Å². The largest absolute Gasteiger partial charge is 0.456 e. The molecule has 0 saturated carbocycles. The highest BCUT2D eigenvalue weighted by molar-refractivity contribution is 5.91. The molecule has 2 fully saturated rings. The van der Waals surface area contributed by atoms with Crippen LogP contribution in [0.5, 0.6) is 0 Å². The van der Waals surface area contributed by atoms with E-state index in [0.29, 0.717) is 5.76 Å². The van der Waals surface area contributed by atoms with E-state index in [-0.39, 0.29) is 5.91 Å². The van der Waals surface area contributed by atoms with Gasteiger partial charge in [-0.1, -0.05) is 0 Å². The maximum atomic E-state index is 12.3. The molecule has 4 nitrogen and oxygen atoms in total. The number of furan rings is 1. The summed E-state index contributed by atoms with van der Waals surface area (Å²) in [6.07, 6.45) is 2.23. The van der Waals surface area contributed by atoms with E-state index in [2.05, 4.69) is 5.32 Å². The van der Waals surface area contributed by atoms with Gasteiger partial charge in [-0.3, -0.25) is 4.79 Å². The van der Waals surface area contributed by atoms with Crippen LogP contribution in [0.15, 0.2) is 16.5 Å². The van der Waals surface area contributed by atoms with Crippen molar-refractivity contribution in [2.24, 2.45) is 11.8 Å². The molecule has 98 valence electrons. The van der Waals surface area contributed by atoms with Crippen molar-refractivity contribution in [1.82, 2.24) is 10.2 Å². The summed E-state index contributed by atoms with van der Waals surface area (Å²) >= 11 is 0. The standard InChI is InChI=1S/C14H20N2O2/c1-10-2-3-13(18-10)14(17)16-6-4-11-8-15-9-12(11)5-7-16/h2-3,11-12,15H,4-9H2,1H3/t11-,12+. The molecule has 0 radical (unpaired) electrons. The van der Waals surface area contributed by atoms with Gasteiger partial charge >= 0.3 is 0 Å². The summed E-state index contributed by atoms with van der Waals surface area (Å²) in [4.78, 5) is 14.3. The highest BCUT2D eigenvalue weighted by Gasteiger charge is 2.32. The van der Waals surface area contributed by atoms with Crippen LogP contribution >= 0.6 is 0 Å². The van der Waals surface area contributed by atoms with E-state index in [4.69, 9.17) is 4.42 Å². The Morgan fingerprint density at radius 2 is 1.94 bits per heavy atom. The zero-order valence-electron chi connectivity index (χ0n) is 10.8. The third-order valence-corrected chi connectivity index (χ3v) is 4.26. The Hall–Kier alpha value is -1.29.